The smallest absolute Gasteiger partial charge is 0.266 e. The lowest BCUT2D eigenvalue weighted by atomic mass is 10.1. The van der Waals surface area contributed by atoms with Gasteiger partial charge < -0.3 is 14.8 Å². The molecule has 0 aliphatic heterocycles. The summed E-state index contributed by atoms with van der Waals surface area (Å²) in [5.74, 6) is 0.212. The second kappa shape index (κ2) is 12.0. The molecule has 3 aromatic rings. The van der Waals surface area contributed by atoms with Crippen molar-refractivity contribution in [2.45, 2.75) is 27.4 Å². The lowest BCUT2D eigenvalue weighted by molar-refractivity contribution is -0.112. The first kappa shape index (κ1) is 26.4. The van der Waals surface area contributed by atoms with Crippen LogP contribution in [0.4, 0.5) is 5.69 Å². The summed E-state index contributed by atoms with van der Waals surface area (Å²) in [5.41, 5.74) is 3.87. The molecule has 0 unspecified atom stereocenters. The van der Waals surface area contributed by atoms with E-state index in [4.69, 9.17) is 44.3 Å². The van der Waals surface area contributed by atoms with Crippen molar-refractivity contribution in [2.24, 2.45) is 0 Å². The van der Waals surface area contributed by atoms with Crippen LogP contribution < -0.4 is 14.8 Å². The third-order valence-corrected chi connectivity index (χ3v) is 6.25. The van der Waals surface area contributed by atoms with Gasteiger partial charge >= 0.3 is 0 Å². The number of hydrogen-bond donors (Lipinski definition) is 1. The number of aryl methyl sites for hydroxylation is 1. The molecule has 0 aromatic heterocycles. The Labute approximate surface area is 219 Å². The van der Waals surface area contributed by atoms with Crippen LogP contribution in [0.2, 0.25) is 15.1 Å². The number of rotatable bonds is 8. The Morgan fingerprint density at radius 1 is 1.03 bits per heavy atom. The molecule has 5 nitrogen and oxygen atoms in total. The second-order valence-corrected chi connectivity index (χ2v) is 8.89. The minimum Gasteiger partial charge on any atom is -0.490 e. The molecule has 1 amide bonds. The third-order valence-electron chi connectivity index (χ3n) is 5.23. The summed E-state index contributed by atoms with van der Waals surface area (Å²) in [4.78, 5) is 12.8. The van der Waals surface area contributed by atoms with Crippen LogP contribution >= 0.6 is 34.8 Å². The number of ether oxygens (including phenoxy) is 2. The van der Waals surface area contributed by atoms with Gasteiger partial charge in [0.05, 0.1) is 21.7 Å². The number of carbonyl (C=O) groups is 1. The van der Waals surface area contributed by atoms with Crippen LogP contribution in [0.3, 0.4) is 0 Å². The zero-order valence-corrected chi connectivity index (χ0v) is 21.7. The predicted molar refractivity (Wildman–Crippen MR) is 142 cm³/mol. The molecule has 0 aliphatic carbocycles. The number of nitrogens with one attached hydrogen (secondary N) is 1. The zero-order chi connectivity index (χ0) is 25.5. The summed E-state index contributed by atoms with van der Waals surface area (Å²) in [6.07, 6.45) is 1.46. The van der Waals surface area contributed by atoms with Crippen LogP contribution in [0.1, 0.15) is 29.2 Å². The van der Waals surface area contributed by atoms with Gasteiger partial charge in [0.1, 0.15) is 18.2 Å². The first-order valence-electron chi connectivity index (χ1n) is 10.8. The van der Waals surface area contributed by atoms with E-state index in [1.165, 1.54) is 6.08 Å². The van der Waals surface area contributed by atoms with Crippen molar-refractivity contribution in [3.05, 3.63) is 91.4 Å². The zero-order valence-electron chi connectivity index (χ0n) is 19.4. The second-order valence-electron chi connectivity index (χ2n) is 7.67. The quantitative estimate of drug-likeness (QED) is 0.239. The molecule has 0 radical (unpaired) electrons. The van der Waals surface area contributed by atoms with E-state index < -0.39 is 5.91 Å². The molecule has 1 N–H and O–H groups in total. The monoisotopic (exact) mass is 528 g/mol. The lowest BCUT2D eigenvalue weighted by Crippen LogP contribution is -2.14. The SMILES string of the molecule is CCOc1cc(/C=C(\C#N)C(=O)Nc2cccc(C)c2C)cc(Cl)c1OCc1ccc(Cl)c(Cl)c1. The number of nitriles is 1. The number of carbonyl (C=O) groups excluding carboxylic acids is 1. The summed E-state index contributed by atoms with van der Waals surface area (Å²) in [7, 11) is 0. The molecule has 0 heterocycles. The molecule has 3 aromatic carbocycles. The Kier molecular flexibility index (Phi) is 9.06. The fraction of sp³-hybridized carbons (Fsp3) is 0.185. The minimum absolute atomic E-state index is 0.0751. The van der Waals surface area contributed by atoms with Crippen molar-refractivity contribution in [3.8, 4) is 17.6 Å². The fourth-order valence-electron chi connectivity index (χ4n) is 3.25. The van der Waals surface area contributed by atoms with E-state index in [2.05, 4.69) is 5.32 Å². The topological polar surface area (TPSA) is 71.3 Å². The number of halogens is 3. The van der Waals surface area contributed by atoms with E-state index in [0.717, 1.165) is 16.7 Å². The molecule has 180 valence electrons. The molecule has 8 heteroatoms. The van der Waals surface area contributed by atoms with E-state index in [-0.39, 0.29) is 17.2 Å². The Morgan fingerprint density at radius 2 is 1.80 bits per heavy atom. The van der Waals surface area contributed by atoms with Crippen molar-refractivity contribution in [3.63, 3.8) is 0 Å². The number of amides is 1. The fourth-order valence-corrected chi connectivity index (χ4v) is 3.84. The van der Waals surface area contributed by atoms with Gasteiger partial charge in [-0.2, -0.15) is 5.26 Å². The highest BCUT2D eigenvalue weighted by Crippen LogP contribution is 2.38. The van der Waals surface area contributed by atoms with Gasteiger partial charge in [-0.15, -0.1) is 0 Å². The molecule has 0 fully saturated rings. The molecule has 0 spiro atoms. The summed E-state index contributed by atoms with van der Waals surface area (Å²) < 4.78 is 11.6. The Balaban J connectivity index is 1.86. The van der Waals surface area contributed by atoms with E-state index in [1.54, 1.807) is 36.4 Å². The third kappa shape index (κ3) is 6.70. The van der Waals surface area contributed by atoms with Gasteiger partial charge in [-0.25, -0.2) is 0 Å². The van der Waals surface area contributed by atoms with E-state index in [9.17, 15) is 10.1 Å². The highest BCUT2D eigenvalue weighted by Gasteiger charge is 2.16. The highest BCUT2D eigenvalue weighted by molar-refractivity contribution is 6.42. The average Bonchev–Trinajstić information content (AvgIpc) is 2.82. The maximum absolute atomic E-state index is 12.8. The number of benzene rings is 3. The molecular formula is C27H23Cl3N2O3. The number of anilines is 1. The summed E-state index contributed by atoms with van der Waals surface area (Å²) in [5, 5.41) is 13.6. The van der Waals surface area contributed by atoms with Crippen molar-refractivity contribution in [2.75, 3.05) is 11.9 Å². The maximum Gasteiger partial charge on any atom is 0.266 e. The Hall–Kier alpha value is -3.17. The first-order chi connectivity index (χ1) is 16.7. The summed E-state index contributed by atoms with van der Waals surface area (Å²) in [6.45, 7) is 6.25. The van der Waals surface area contributed by atoms with Crippen LogP contribution in [0.25, 0.3) is 6.08 Å². The van der Waals surface area contributed by atoms with E-state index in [1.807, 2.05) is 39.0 Å². The van der Waals surface area contributed by atoms with Gasteiger partial charge in [0, 0.05) is 5.69 Å². The van der Waals surface area contributed by atoms with Gasteiger partial charge in [0.15, 0.2) is 11.5 Å². The first-order valence-corrected chi connectivity index (χ1v) is 11.9. The Bertz CT molecular complexity index is 1330. The van der Waals surface area contributed by atoms with Crippen LogP contribution in [0, 0.1) is 25.2 Å². The predicted octanol–water partition coefficient (Wildman–Crippen LogP) is 7.79. The standard InChI is InChI=1S/C27H23Cl3N2O3/c1-4-34-25-13-19(10-20(14-31)27(33)32-24-7-5-6-16(2)17(24)3)12-23(30)26(25)35-15-18-8-9-21(28)22(29)11-18/h5-13H,4,15H2,1-3H3,(H,32,33)/b20-10+. The van der Waals surface area contributed by atoms with Crippen molar-refractivity contribution < 1.29 is 14.3 Å². The number of nitrogens with zero attached hydrogens (tertiary/aromatic N) is 1. The summed E-state index contributed by atoms with van der Waals surface area (Å²) >= 11 is 18.6. The van der Waals surface area contributed by atoms with Crippen molar-refractivity contribution in [1.29, 1.82) is 5.26 Å². The van der Waals surface area contributed by atoms with Crippen molar-refractivity contribution >= 4 is 52.5 Å². The molecule has 0 atom stereocenters. The normalized spacial score (nSPS) is 11.1. The van der Waals surface area contributed by atoms with E-state index >= 15 is 0 Å². The largest absolute Gasteiger partial charge is 0.490 e. The van der Waals surface area contributed by atoms with Crippen LogP contribution in [0.15, 0.2) is 54.1 Å². The Morgan fingerprint density at radius 3 is 2.49 bits per heavy atom. The van der Waals surface area contributed by atoms with Gasteiger partial charge in [-0.1, -0.05) is 53.0 Å². The van der Waals surface area contributed by atoms with Crippen LogP contribution in [0.5, 0.6) is 11.5 Å². The average molecular weight is 530 g/mol. The van der Waals surface area contributed by atoms with Crippen LogP contribution in [-0.4, -0.2) is 12.5 Å². The molecule has 0 bridgehead atoms. The minimum atomic E-state index is -0.518. The molecule has 0 saturated heterocycles. The van der Waals surface area contributed by atoms with Crippen LogP contribution in [-0.2, 0) is 11.4 Å². The molecule has 35 heavy (non-hydrogen) atoms. The summed E-state index contributed by atoms with van der Waals surface area (Å²) in [6, 6.07) is 16.0. The molecule has 3 rings (SSSR count). The van der Waals surface area contributed by atoms with Crippen molar-refractivity contribution in [1.82, 2.24) is 0 Å². The van der Waals surface area contributed by atoms with Gasteiger partial charge in [0.25, 0.3) is 5.91 Å². The number of hydrogen-bond acceptors (Lipinski definition) is 4. The van der Waals surface area contributed by atoms with Gasteiger partial charge in [-0.05, 0) is 79.4 Å². The molecule has 0 saturated carbocycles. The lowest BCUT2D eigenvalue weighted by Gasteiger charge is -2.15. The molecular weight excluding hydrogens is 507 g/mol. The van der Waals surface area contributed by atoms with Gasteiger partial charge in [-0.3, -0.25) is 4.79 Å². The van der Waals surface area contributed by atoms with Gasteiger partial charge in [0.2, 0.25) is 0 Å². The van der Waals surface area contributed by atoms with E-state index in [0.29, 0.717) is 39.4 Å². The molecule has 0 aliphatic rings. The highest BCUT2D eigenvalue weighted by atomic mass is 35.5. The maximum atomic E-state index is 12.8.